The quantitative estimate of drug-likeness (QED) is 0.280. The summed E-state index contributed by atoms with van der Waals surface area (Å²) in [6.45, 7) is 0.879. The van der Waals surface area contributed by atoms with Crippen LogP contribution in [0, 0.1) is 17.3 Å². The number of hydrogen-bond acceptors (Lipinski definition) is 6. The monoisotopic (exact) mass is 554 g/mol. The molecule has 4 saturated carbocycles. The maximum absolute atomic E-state index is 12.5. The van der Waals surface area contributed by atoms with Gasteiger partial charge in [0.25, 0.3) is 5.91 Å². The molecule has 41 heavy (non-hydrogen) atoms. The first-order chi connectivity index (χ1) is 19.9. The van der Waals surface area contributed by atoms with Crippen LogP contribution in [0.1, 0.15) is 54.4 Å². The Morgan fingerprint density at radius 1 is 0.854 bits per heavy atom. The predicted molar refractivity (Wildman–Crippen MR) is 159 cm³/mol. The van der Waals surface area contributed by atoms with Gasteiger partial charge in [0, 0.05) is 24.0 Å². The molecule has 3 aromatic carbocycles. The largest absolute Gasteiger partial charge is 0.497 e. The van der Waals surface area contributed by atoms with Gasteiger partial charge in [-0.2, -0.15) is 0 Å². The minimum Gasteiger partial charge on any atom is -0.497 e. The van der Waals surface area contributed by atoms with Crippen molar-refractivity contribution in [3.63, 3.8) is 0 Å². The first-order valence-corrected chi connectivity index (χ1v) is 14.5. The first kappa shape index (κ1) is 27.2. The molecule has 7 nitrogen and oxygen atoms in total. The van der Waals surface area contributed by atoms with Gasteiger partial charge in [-0.15, -0.1) is 0 Å². The van der Waals surface area contributed by atoms with Gasteiger partial charge in [0.2, 0.25) is 0 Å². The van der Waals surface area contributed by atoms with E-state index in [2.05, 4.69) is 34.9 Å². The molecule has 4 fully saturated rings. The van der Waals surface area contributed by atoms with Crippen molar-refractivity contribution in [1.29, 1.82) is 0 Å². The predicted octanol–water partition coefficient (Wildman–Crippen LogP) is 6.45. The average molecular weight is 555 g/mol. The lowest BCUT2D eigenvalue weighted by atomic mass is 9.43. The van der Waals surface area contributed by atoms with Crippen LogP contribution in [0.3, 0.4) is 0 Å². The molecule has 214 valence electrons. The number of hydrogen-bond donors (Lipinski definition) is 2. The molecule has 4 aliphatic carbocycles. The van der Waals surface area contributed by atoms with E-state index < -0.39 is 5.97 Å². The van der Waals surface area contributed by atoms with Crippen molar-refractivity contribution in [1.82, 2.24) is 0 Å². The van der Waals surface area contributed by atoms with Crippen LogP contribution in [-0.4, -0.2) is 39.2 Å². The molecule has 7 rings (SSSR count). The normalized spacial score (nSPS) is 25.8. The lowest BCUT2D eigenvalue weighted by Crippen LogP contribution is -2.56. The second-order valence-electron chi connectivity index (χ2n) is 12.3. The van der Waals surface area contributed by atoms with Gasteiger partial charge in [-0.05, 0) is 109 Å². The van der Waals surface area contributed by atoms with Gasteiger partial charge in [0.05, 0.1) is 19.8 Å². The molecule has 2 atom stereocenters. The second kappa shape index (κ2) is 11.1. The maximum atomic E-state index is 12.5. The zero-order valence-corrected chi connectivity index (χ0v) is 23.8. The van der Waals surface area contributed by atoms with Gasteiger partial charge >= 0.3 is 5.97 Å². The number of amides is 1. The third-order valence-electron chi connectivity index (χ3n) is 9.32. The highest BCUT2D eigenvalue weighted by Gasteiger charge is 2.57. The van der Waals surface area contributed by atoms with E-state index in [1.165, 1.54) is 51.2 Å². The highest BCUT2D eigenvalue weighted by molar-refractivity contribution is 5.95. The molecule has 3 aromatic rings. The van der Waals surface area contributed by atoms with E-state index in [0.29, 0.717) is 22.4 Å². The van der Waals surface area contributed by atoms with Crippen LogP contribution >= 0.6 is 0 Å². The zero-order valence-electron chi connectivity index (χ0n) is 23.8. The molecule has 2 unspecified atom stereocenters. The smallest absolute Gasteiger partial charge is 0.337 e. The molecule has 4 bridgehead atoms. The lowest BCUT2D eigenvalue weighted by Gasteiger charge is -2.62. The first-order valence-electron chi connectivity index (χ1n) is 14.5. The van der Waals surface area contributed by atoms with Gasteiger partial charge in [0.1, 0.15) is 11.5 Å². The van der Waals surface area contributed by atoms with Crippen LogP contribution < -0.4 is 20.1 Å². The SMILES string of the molecule is COC(=O)c1cccc(NC(=O)COc2ccc(C34CC5CC(CC(CNc6cccc(OC)c6)(C5)C3)C4)cc2)c1. The number of esters is 1. The van der Waals surface area contributed by atoms with Crippen molar-refractivity contribution in [2.24, 2.45) is 17.3 Å². The fourth-order valence-corrected chi connectivity index (χ4v) is 8.11. The van der Waals surface area contributed by atoms with Crippen LogP contribution in [0.4, 0.5) is 11.4 Å². The van der Waals surface area contributed by atoms with E-state index in [9.17, 15) is 9.59 Å². The van der Waals surface area contributed by atoms with E-state index >= 15 is 0 Å². The van der Waals surface area contributed by atoms with Crippen molar-refractivity contribution in [3.8, 4) is 11.5 Å². The Kier molecular flexibility index (Phi) is 7.37. The van der Waals surface area contributed by atoms with Crippen LogP contribution in [0.15, 0.2) is 72.8 Å². The number of ether oxygens (including phenoxy) is 3. The molecule has 1 amide bonds. The van der Waals surface area contributed by atoms with E-state index in [1.807, 2.05) is 24.3 Å². The fourth-order valence-electron chi connectivity index (χ4n) is 8.11. The van der Waals surface area contributed by atoms with Crippen LogP contribution in [-0.2, 0) is 14.9 Å². The molecule has 7 heteroatoms. The molecule has 0 spiro atoms. The highest BCUT2D eigenvalue weighted by atomic mass is 16.5. The minimum atomic E-state index is -0.449. The average Bonchev–Trinajstić information content (AvgIpc) is 2.98. The van der Waals surface area contributed by atoms with Crippen molar-refractivity contribution in [2.45, 2.75) is 43.9 Å². The van der Waals surface area contributed by atoms with E-state index in [-0.39, 0.29) is 17.9 Å². The molecule has 4 aliphatic rings. The Morgan fingerprint density at radius 2 is 1.59 bits per heavy atom. The molecule has 0 aromatic heterocycles. The standard InChI is InChI=1S/C34H38N2O5/c1-39-30-8-4-6-27(15-30)35-22-33-16-23-13-24(17-33)19-34(18-23,21-33)26-9-11-29(12-10-26)41-20-31(37)36-28-7-3-5-25(14-28)32(38)40-2/h3-12,14-15,23-24,35H,13,16-22H2,1-2H3,(H,36,37). The van der Waals surface area contributed by atoms with Crippen molar-refractivity contribution >= 4 is 23.3 Å². The topological polar surface area (TPSA) is 85.9 Å². The summed E-state index contributed by atoms with van der Waals surface area (Å²) in [4.78, 5) is 24.3. The van der Waals surface area contributed by atoms with Gasteiger partial charge in [-0.3, -0.25) is 4.79 Å². The van der Waals surface area contributed by atoms with Crippen molar-refractivity contribution in [3.05, 3.63) is 83.9 Å². The Hall–Kier alpha value is -4.00. The third-order valence-corrected chi connectivity index (χ3v) is 9.32. The Balaban J connectivity index is 1.09. The number of methoxy groups -OCH3 is 2. The number of carbonyl (C=O) groups is 2. The summed E-state index contributed by atoms with van der Waals surface area (Å²) < 4.78 is 16.0. The van der Waals surface area contributed by atoms with Crippen LogP contribution in [0.5, 0.6) is 11.5 Å². The van der Waals surface area contributed by atoms with Gasteiger partial charge in [0.15, 0.2) is 6.61 Å². The van der Waals surface area contributed by atoms with E-state index in [0.717, 1.165) is 29.8 Å². The summed E-state index contributed by atoms with van der Waals surface area (Å²) in [6, 6.07) is 23.3. The summed E-state index contributed by atoms with van der Waals surface area (Å²) in [5, 5.41) is 6.53. The van der Waals surface area contributed by atoms with E-state index in [1.54, 1.807) is 31.4 Å². The summed E-state index contributed by atoms with van der Waals surface area (Å²) >= 11 is 0. The number of rotatable bonds is 10. The summed E-state index contributed by atoms with van der Waals surface area (Å²) in [5.41, 5.74) is 3.94. The molecule has 0 aliphatic heterocycles. The van der Waals surface area contributed by atoms with Gasteiger partial charge < -0.3 is 24.8 Å². The highest BCUT2D eigenvalue weighted by Crippen LogP contribution is 2.65. The summed E-state index contributed by atoms with van der Waals surface area (Å²) in [5.74, 6) is 2.37. The summed E-state index contributed by atoms with van der Waals surface area (Å²) in [6.07, 6.45) is 7.70. The molecule has 0 saturated heterocycles. The summed E-state index contributed by atoms with van der Waals surface area (Å²) in [7, 11) is 3.04. The zero-order chi connectivity index (χ0) is 28.5. The maximum Gasteiger partial charge on any atom is 0.337 e. The number of carbonyl (C=O) groups excluding carboxylic acids is 2. The van der Waals surface area contributed by atoms with Crippen LogP contribution in [0.25, 0.3) is 0 Å². The Labute approximate surface area is 241 Å². The Bertz CT molecular complexity index is 1400. The molecular formula is C34H38N2O5. The van der Waals surface area contributed by atoms with E-state index in [4.69, 9.17) is 14.2 Å². The van der Waals surface area contributed by atoms with Gasteiger partial charge in [-0.1, -0.05) is 24.3 Å². The molecule has 0 heterocycles. The minimum absolute atomic E-state index is 0.115. The number of benzene rings is 3. The molecular weight excluding hydrogens is 516 g/mol. The fraction of sp³-hybridized carbons (Fsp3) is 0.412. The van der Waals surface area contributed by atoms with Crippen molar-refractivity contribution in [2.75, 3.05) is 38.0 Å². The lowest BCUT2D eigenvalue weighted by molar-refractivity contribution is -0.118. The Morgan fingerprint density at radius 3 is 2.32 bits per heavy atom. The molecule has 0 radical (unpaired) electrons. The second-order valence-corrected chi connectivity index (χ2v) is 12.3. The number of nitrogens with one attached hydrogen (secondary N) is 2. The van der Waals surface area contributed by atoms with Gasteiger partial charge in [-0.25, -0.2) is 4.79 Å². The number of anilines is 2. The van der Waals surface area contributed by atoms with Crippen molar-refractivity contribution < 1.29 is 23.8 Å². The third kappa shape index (κ3) is 5.76. The van der Waals surface area contributed by atoms with Crippen LogP contribution in [0.2, 0.25) is 0 Å². The molecule has 2 N–H and O–H groups in total.